The Morgan fingerprint density at radius 1 is 1.42 bits per heavy atom. The summed E-state index contributed by atoms with van der Waals surface area (Å²) in [5, 5.41) is 9.18. The van der Waals surface area contributed by atoms with Crippen LogP contribution in [-0.4, -0.2) is 43.0 Å². The van der Waals surface area contributed by atoms with Crippen molar-refractivity contribution in [3.63, 3.8) is 0 Å². The first-order valence-corrected chi connectivity index (χ1v) is 8.62. The minimum absolute atomic E-state index is 0.0224. The molecule has 2 N–H and O–H groups in total. The maximum atomic E-state index is 12.0. The van der Waals surface area contributed by atoms with Crippen LogP contribution in [0.25, 0.3) is 0 Å². The van der Waals surface area contributed by atoms with Gasteiger partial charge >= 0.3 is 10.2 Å². The second-order valence-corrected chi connectivity index (χ2v) is 7.46. The summed E-state index contributed by atoms with van der Waals surface area (Å²) in [4.78, 5) is 5.55. The number of nitrogens with zero attached hydrogens (tertiary/aromatic N) is 2. The number of hydrogen-bond acceptors (Lipinski definition) is 5. The van der Waals surface area contributed by atoms with Gasteiger partial charge in [-0.25, -0.2) is 9.71 Å². The lowest BCUT2D eigenvalue weighted by atomic mass is 10.0. The van der Waals surface area contributed by atoms with Crippen LogP contribution in [-0.2, 0) is 23.1 Å². The molecular formula is C11H19N3O3S2. The van der Waals surface area contributed by atoms with Crippen molar-refractivity contribution in [1.82, 2.24) is 9.29 Å². The van der Waals surface area contributed by atoms with Crippen molar-refractivity contribution >= 4 is 26.7 Å². The predicted octanol–water partition coefficient (Wildman–Crippen LogP) is 0.993. The van der Waals surface area contributed by atoms with Crippen LogP contribution in [0.4, 0.5) is 5.13 Å². The number of fused-ring (bicyclic) bond motifs is 1. The summed E-state index contributed by atoms with van der Waals surface area (Å²) in [6.07, 6.45) is 4.63. The van der Waals surface area contributed by atoms with Crippen molar-refractivity contribution in [3.05, 3.63) is 10.6 Å². The summed E-state index contributed by atoms with van der Waals surface area (Å²) in [5.41, 5.74) is 1.03. The quantitative estimate of drug-likeness (QED) is 0.821. The molecule has 0 unspecified atom stereocenters. The highest BCUT2D eigenvalue weighted by Gasteiger charge is 2.21. The number of aliphatic hydroxyl groups excluding tert-OH is 1. The molecule has 0 saturated carbocycles. The molecular weight excluding hydrogens is 286 g/mol. The van der Waals surface area contributed by atoms with Crippen LogP contribution in [0, 0.1) is 0 Å². The molecule has 2 rings (SSSR count). The fourth-order valence-corrected chi connectivity index (χ4v) is 4.17. The first-order chi connectivity index (χ1) is 9.03. The van der Waals surface area contributed by atoms with Gasteiger partial charge in [-0.05, 0) is 32.1 Å². The lowest BCUT2D eigenvalue weighted by molar-refractivity contribution is 0.276. The Bertz CT molecular complexity index is 504. The van der Waals surface area contributed by atoms with Gasteiger partial charge in [-0.15, -0.1) is 11.3 Å². The van der Waals surface area contributed by atoms with Gasteiger partial charge in [0.1, 0.15) is 0 Å². The van der Waals surface area contributed by atoms with Crippen LogP contribution in [0.2, 0.25) is 0 Å². The molecule has 0 aromatic carbocycles. The number of aliphatic hydroxyl groups is 1. The minimum Gasteiger partial charge on any atom is -0.396 e. The average molecular weight is 305 g/mol. The third-order valence-corrected chi connectivity index (χ3v) is 5.76. The Labute approximate surface area is 117 Å². The van der Waals surface area contributed by atoms with E-state index in [4.69, 9.17) is 5.11 Å². The smallest absolute Gasteiger partial charge is 0.303 e. The van der Waals surface area contributed by atoms with E-state index in [9.17, 15) is 8.42 Å². The van der Waals surface area contributed by atoms with Crippen molar-refractivity contribution < 1.29 is 13.5 Å². The highest BCUT2D eigenvalue weighted by molar-refractivity contribution is 7.90. The molecule has 1 aliphatic rings. The monoisotopic (exact) mass is 305 g/mol. The second kappa shape index (κ2) is 6.17. The van der Waals surface area contributed by atoms with Gasteiger partial charge < -0.3 is 5.11 Å². The molecule has 0 bridgehead atoms. The van der Waals surface area contributed by atoms with Crippen molar-refractivity contribution in [2.24, 2.45) is 0 Å². The molecule has 1 aliphatic carbocycles. The predicted molar refractivity (Wildman–Crippen MR) is 75.6 cm³/mol. The second-order valence-electron chi connectivity index (χ2n) is 4.60. The van der Waals surface area contributed by atoms with Crippen molar-refractivity contribution in [1.29, 1.82) is 0 Å². The van der Waals surface area contributed by atoms with Crippen molar-refractivity contribution in [3.8, 4) is 0 Å². The molecule has 0 saturated heterocycles. The van der Waals surface area contributed by atoms with Crippen LogP contribution >= 0.6 is 11.3 Å². The number of rotatable bonds is 6. The van der Waals surface area contributed by atoms with E-state index in [1.54, 1.807) is 0 Å². The summed E-state index contributed by atoms with van der Waals surface area (Å²) in [7, 11) is -2.07. The summed E-state index contributed by atoms with van der Waals surface area (Å²) in [6.45, 7) is 0.266. The highest BCUT2D eigenvalue weighted by Crippen LogP contribution is 2.30. The molecule has 0 atom stereocenters. The zero-order valence-electron chi connectivity index (χ0n) is 10.9. The summed E-state index contributed by atoms with van der Waals surface area (Å²) in [5.74, 6) is 0. The van der Waals surface area contributed by atoms with E-state index in [2.05, 4.69) is 9.71 Å². The fourth-order valence-electron chi connectivity index (χ4n) is 2.00. The normalized spacial score (nSPS) is 15.5. The largest absolute Gasteiger partial charge is 0.396 e. The summed E-state index contributed by atoms with van der Waals surface area (Å²) < 4.78 is 27.7. The molecule has 0 fully saturated rings. The molecule has 0 aliphatic heterocycles. The maximum absolute atomic E-state index is 12.0. The summed E-state index contributed by atoms with van der Waals surface area (Å²) >= 11 is 1.43. The van der Waals surface area contributed by atoms with Gasteiger partial charge in [0.15, 0.2) is 5.13 Å². The van der Waals surface area contributed by atoms with Gasteiger partial charge in [0.05, 0.1) is 5.69 Å². The molecule has 0 spiro atoms. The van der Waals surface area contributed by atoms with Crippen LogP contribution in [0.3, 0.4) is 0 Å². The summed E-state index contributed by atoms with van der Waals surface area (Å²) in [6, 6.07) is 0. The molecule has 1 heterocycles. The topological polar surface area (TPSA) is 82.5 Å². The van der Waals surface area contributed by atoms with Crippen LogP contribution in [0.15, 0.2) is 0 Å². The average Bonchev–Trinajstić information content (AvgIpc) is 2.76. The van der Waals surface area contributed by atoms with E-state index in [1.807, 2.05) is 0 Å². The zero-order chi connectivity index (χ0) is 13.9. The lowest BCUT2D eigenvalue weighted by Crippen LogP contribution is -2.33. The Morgan fingerprint density at radius 3 is 2.84 bits per heavy atom. The van der Waals surface area contributed by atoms with E-state index >= 15 is 0 Å². The number of thiazole rings is 1. The van der Waals surface area contributed by atoms with Crippen LogP contribution in [0.1, 0.15) is 29.8 Å². The third-order valence-electron chi connectivity index (χ3n) is 3.10. The number of hydrogen-bond donors (Lipinski definition) is 2. The molecule has 6 nitrogen and oxygen atoms in total. The van der Waals surface area contributed by atoms with Gasteiger partial charge in [-0.3, -0.25) is 0 Å². The fraction of sp³-hybridized carbons (Fsp3) is 0.727. The molecule has 0 radical (unpaired) electrons. The van der Waals surface area contributed by atoms with Gasteiger partial charge in [0, 0.05) is 25.1 Å². The first kappa shape index (κ1) is 14.7. The van der Waals surface area contributed by atoms with Crippen LogP contribution < -0.4 is 4.72 Å². The van der Waals surface area contributed by atoms with Crippen molar-refractivity contribution in [2.75, 3.05) is 24.9 Å². The minimum atomic E-state index is -3.56. The molecule has 108 valence electrons. The number of aryl methyl sites for hydroxylation is 2. The number of nitrogens with one attached hydrogen (secondary N) is 1. The van der Waals surface area contributed by atoms with E-state index in [1.165, 1.54) is 27.6 Å². The van der Waals surface area contributed by atoms with Crippen LogP contribution in [0.5, 0.6) is 0 Å². The highest BCUT2D eigenvalue weighted by atomic mass is 32.2. The Balaban J connectivity index is 2.05. The van der Waals surface area contributed by atoms with Gasteiger partial charge in [0.2, 0.25) is 0 Å². The van der Waals surface area contributed by atoms with E-state index in [0.29, 0.717) is 11.6 Å². The molecule has 8 heteroatoms. The van der Waals surface area contributed by atoms with Gasteiger partial charge in [-0.1, -0.05) is 0 Å². The van der Waals surface area contributed by atoms with E-state index in [-0.39, 0.29) is 13.2 Å². The van der Waals surface area contributed by atoms with Gasteiger partial charge in [0.25, 0.3) is 0 Å². The van der Waals surface area contributed by atoms with E-state index < -0.39 is 10.2 Å². The van der Waals surface area contributed by atoms with Crippen molar-refractivity contribution in [2.45, 2.75) is 32.1 Å². The number of anilines is 1. The zero-order valence-corrected chi connectivity index (χ0v) is 12.6. The first-order valence-electron chi connectivity index (χ1n) is 6.36. The molecule has 19 heavy (non-hydrogen) atoms. The maximum Gasteiger partial charge on any atom is 0.303 e. The SMILES string of the molecule is CN(CCCO)S(=O)(=O)Nc1nc2c(s1)CCCC2. The van der Waals surface area contributed by atoms with Gasteiger partial charge in [-0.2, -0.15) is 12.7 Å². The molecule has 1 aromatic rings. The Kier molecular flexibility index (Phi) is 4.77. The standard InChI is InChI=1S/C11H19N3O3S2/c1-14(7-4-8-15)19(16,17)13-11-12-9-5-2-3-6-10(9)18-11/h15H,2-8H2,1H3,(H,12,13). The molecule has 0 amide bonds. The lowest BCUT2D eigenvalue weighted by Gasteiger charge is -2.16. The third kappa shape index (κ3) is 3.65. The Hall–Kier alpha value is -0.700. The number of aromatic nitrogens is 1. The Morgan fingerprint density at radius 2 is 2.16 bits per heavy atom. The van der Waals surface area contributed by atoms with E-state index in [0.717, 1.165) is 31.4 Å². The molecule has 1 aromatic heterocycles.